The van der Waals surface area contributed by atoms with Crippen LogP contribution in [0.4, 0.5) is 0 Å². The van der Waals surface area contributed by atoms with E-state index in [1.807, 2.05) is 60.7 Å². The van der Waals surface area contributed by atoms with Gasteiger partial charge in [-0.15, -0.1) is 0 Å². The van der Waals surface area contributed by atoms with E-state index in [9.17, 15) is 0 Å². The van der Waals surface area contributed by atoms with Crippen molar-refractivity contribution in [1.82, 2.24) is 15.0 Å². The van der Waals surface area contributed by atoms with Crippen LogP contribution in [-0.4, -0.2) is 15.0 Å². The minimum Gasteiger partial charge on any atom is -0.208 e. The lowest BCUT2D eigenvalue weighted by Crippen LogP contribution is -2.14. The number of aromatic nitrogens is 3. The second-order valence-electron chi connectivity index (χ2n) is 11.8. The van der Waals surface area contributed by atoms with Crippen molar-refractivity contribution in [3.8, 4) is 45.3 Å². The highest BCUT2D eigenvalue weighted by Crippen LogP contribution is 2.37. The Morgan fingerprint density at radius 3 is 1.78 bits per heavy atom. The molecular weight excluding hydrogens is 546 g/mol. The Morgan fingerprint density at radius 2 is 1.09 bits per heavy atom. The van der Waals surface area contributed by atoms with Crippen molar-refractivity contribution in [1.29, 1.82) is 0 Å². The van der Waals surface area contributed by atoms with Crippen LogP contribution in [0.5, 0.6) is 0 Å². The molecule has 6 aromatic rings. The van der Waals surface area contributed by atoms with Gasteiger partial charge in [-0.2, -0.15) is 0 Å². The fourth-order valence-electron chi connectivity index (χ4n) is 6.37. The fraction of sp³-hybridized carbons (Fsp3) is 0.0714. The molecule has 0 fully saturated rings. The predicted molar refractivity (Wildman–Crippen MR) is 186 cm³/mol. The molecule has 214 valence electrons. The Kier molecular flexibility index (Phi) is 6.84. The van der Waals surface area contributed by atoms with Gasteiger partial charge in [0, 0.05) is 22.6 Å². The predicted octanol–water partition coefficient (Wildman–Crippen LogP) is 10.4. The molecule has 0 aliphatic heterocycles. The summed E-state index contributed by atoms with van der Waals surface area (Å²) in [7, 11) is 0. The average molecular weight is 578 g/mol. The van der Waals surface area contributed by atoms with E-state index in [1.165, 1.54) is 27.5 Å². The Bertz CT molecular complexity index is 2110. The summed E-state index contributed by atoms with van der Waals surface area (Å²) in [4.78, 5) is 14.9. The van der Waals surface area contributed by atoms with Crippen molar-refractivity contribution in [2.24, 2.45) is 11.8 Å². The number of benzene rings is 5. The van der Waals surface area contributed by atoms with Gasteiger partial charge in [-0.05, 0) is 56.7 Å². The van der Waals surface area contributed by atoms with E-state index in [1.54, 1.807) is 0 Å². The van der Waals surface area contributed by atoms with Crippen molar-refractivity contribution >= 4 is 16.3 Å². The first kappa shape index (κ1) is 26.9. The molecule has 2 aliphatic carbocycles. The SMILES string of the molecule is CC1C=CC=C2C=CC(c3ccc4cc(-c5ccccc5-c5nc(-c6ccccc6)nc(-c6ccccc6)n5)ccc4c3)=CC21. The summed E-state index contributed by atoms with van der Waals surface area (Å²) >= 11 is 0. The molecule has 0 amide bonds. The summed E-state index contributed by atoms with van der Waals surface area (Å²) in [6, 6.07) is 42.1. The molecule has 1 aromatic heterocycles. The Labute approximate surface area is 263 Å². The lowest BCUT2D eigenvalue weighted by atomic mass is 9.78. The maximum atomic E-state index is 5.00. The first-order valence-electron chi connectivity index (χ1n) is 15.5. The summed E-state index contributed by atoms with van der Waals surface area (Å²) in [5.41, 5.74) is 9.04. The molecule has 8 rings (SSSR count). The fourth-order valence-corrected chi connectivity index (χ4v) is 6.37. The van der Waals surface area contributed by atoms with Crippen molar-refractivity contribution in [2.75, 3.05) is 0 Å². The van der Waals surface area contributed by atoms with Gasteiger partial charge in [-0.1, -0.05) is 153 Å². The highest BCUT2D eigenvalue weighted by atomic mass is 15.0. The molecule has 0 saturated carbocycles. The molecule has 0 bridgehead atoms. The number of rotatable bonds is 5. The molecule has 1 heterocycles. The maximum Gasteiger partial charge on any atom is 0.164 e. The van der Waals surface area contributed by atoms with Crippen LogP contribution in [0.25, 0.3) is 61.6 Å². The zero-order chi connectivity index (χ0) is 30.2. The summed E-state index contributed by atoms with van der Waals surface area (Å²) in [6.45, 7) is 2.29. The summed E-state index contributed by atoms with van der Waals surface area (Å²) in [6.07, 6.45) is 13.7. The van der Waals surface area contributed by atoms with E-state index < -0.39 is 0 Å². The number of nitrogens with zero attached hydrogens (tertiary/aromatic N) is 3. The van der Waals surface area contributed by atoms with Crippen LogP contribution in [-0.2, 0) is 0 Å². The van der Waals surface area contributed by atoms with Crippen LogP contribution < -0.4 is 0 Å². The lowest BCUT2D eigenvalue weighted by Gasteiger charge is -2.26. The third kappa shape index (κ3) is 5.23. The Balaban J connectivity index is 1.19. The first-order chi connectivity index (χ1) is 22.2. The normalized spacial score (nSPS) is 17.1. The van der Waals surface area contributed by atoms with E-state index in [-0.39, 0.29) is 0 Å². The van der Waals surface area contributed by atoms with Gasteiger partial charge in [0.05, 0.1) is 0 Å². The number of hydrogen-bond donors (Lipinski definition) is 0. The Morgan fingerprint density at radius 1 is 0.511 bits per heavy atom. The first-order valence-corrected chi connectivity index (χ1v) is 15.5. The quantitative estimate of drug-likeness (QED) is 0.205. The standard InChI is InChI=1S/C42H31N3/c1-28-11-10-16-29-19-20-35(27-39(28)29)33-21-22-34-26-36(24-23-32(34)25-33)37-17-8-9-18-38(37)42-44-40(30-12-4-2-5-13-30)43-41(45-42)31-14-6-3-7-15-31/h2-28,39H,1H3. The third-order valence-corrected chi connectivity index (χ3v) is 8.82. The van der Waals surface area contributed by atoms with E-state index in [2.05, 4.69) is 104 Å². The molecule has 0 saturated heterocycles. The molecule has 45 heavy (non-hydrogen) atoms. The highest BCUT2D eigenvalue weighted by Gasteiger charge is 2.22. The minimum atomic E-state index is 0.435. The van der Waals surface area contributed by atoms with Gasteiger partial charge in [0.25, 0.3) is 0 Å². The van der Waals surface area contributed by atoms with Gasteiger partial charge in [0.15, 0.2) is 17.5 Å². The molecule has 2 atom stereocenters. The number of allylic oxidation sites excluding steroid dienone is 8. The largest absolute Gasteiger partial charge is 0.208 e. The molecule has 0 N–H and O–H groups in total. The maximum absolute atomic E-state index is 5.00. The van der Waals surface area contributed by atoms with Crippen molar-refractivity contribution < 1.29 is 0 Å². The summed E-state index contributed by atoms with van der Waals surface area (Å²) in [5, 5.41) is 2.42. The van der Waals surface area contributed by atoms with Gasteiger partial charge >= 0.3 is 0 Å². The number of hydrogen-bond acceptors (Lipinski definition) is 3. The van der Waals surface area contributed by atoms with Crippen LogP contribution >= 0.6 is 0 Å². The van der Waals surface area contributed by atoms with Gasteiger partial charge in [0.1, 0.15) is 0 Å². The zero-order valence-electron chi connectivity index (χ0n) is 25.0. The van der Waals surface area contributed by atoms with Crippen LogP contribution in [0.1, 0.15) is 12.5 Å². The topological polar surface area (TPSA) is 38.7 Å². The van der Waals surface area contributed by atoms with Gasteiger partial charge in [-0.25, -0.2) is 15.0 Å². The van der Waals surface area contributed by atoms with Crippen LogP contribution in [0.15, 0.2) is 163 Å². The van der Waals surface area contributed by atoms with E-state index in [0.717, 1.165) is 27.8 Å². The molecule has 2 unspecified atom stereocenters. The van der Waals surface area contributed by atoms with Crippen LogP contribution in [0.3, 0.4) is 0 Å². The van der Waals surface area contributed by atoms with E-state index >= 15 is 0 Å². The second-order valence-corrected chi connectivity index (χ2v) is 11.8. The smallest absolute Gasteiger partial charge is 0.164 e. The molecule has 0 spiro atoms. The molecule has 2 aliphatic rings. The van der Waals surface area contributed by atoms with E-state index in [0.29, 0.717) is 29.3 Å². The van der Waals surface area contributed by atoms with E-state index in [4.69, 9.17) is 15.0 Å². The van der Waals surface area contributed by atoms with Crippen LogP contribution in [0, 0.1) is 11.8 Å². The minimum absolute atomic E-state index is 0.435. The zero-order valence-corrected chi connectivity index (χ0v) is 25.0. The van der Waals surface area contributed by atoms with Crippen molar-refractivity contribution in [3.05, 3.63) is 169 Å². The summed E-state index contributed by atoms with van der Waals surface area (Å²) < 4.78 is 0. The number of fused-ring (bicyclic) bond motifs is 2. The molecule has 3 nitrogen and oxygen atoms in total. The highest BCUT2D eigenvalue weighted by molar-refractivity contribution is 5.93. The third-order valence-electron chi connectivity index (χ3n) is 8.82. The van der Waals surface area contributed by atoms with Crippen molar-refractivity contribution in [2.45, 2.75) is 6.92 Å². The average Bonchev–Trinajstić information content (AvgIpc) is 3.12. The summed E-state index contributed by atoms with van der Waals surface area (Å²) in [5.74, 6) is 2.92. The molecule has 3 heteroatoms. The Hall–Kier alpha value is -5.67. The van der Waals surface area contributed by atoms with Gasteiger partial charge in [0.2, 0.25) is 0 Å². The van der Waals surface area contributed by atoms with Gasteiger partial charge < -0.3 is 0 Å². The molecule has 0 radical (unpaired) electrons. The van der Waals surface area contributed by atoms with Gasteiger partial charge in [-0.3, -0.25) is 0 Å². The monoisotopic (exact) mass is 577 g/mol. The second kappa shape index (κ2) is 11.4. The van der Waals surface area contributed by atoms with Crippen molar-refractivity contribution in [3.63, 3.8) is 0 Å². The molecular formula is C42H31N3. The van der Waals surface area contributed by atoms with Crippen LogP contribution in [0.2, 0.25) is 0 Å². The lowest BCUT2D eigenvalue weighted by molar-refractivity contribution is 0.584. The molecule has 5 aromatic carbocycles.